The van der Waals surface area contributed by atoms with Crippen LogP contribution < -0.4 is 4.90 Å². The molecule has 2 aromatic carbocycles. The lowest BCUT2D eigenvalue weighted by Gasteiger charge is -2.29. The number of carbonyl (C=O) groups excluding carboxylic acids is 1. The number of carboxylic acid groups (broad SMARTS) is 1. The van der Waals surface area contributed by atoms with Gasteiger partial charge in [0.05, 0.1) is 24.6 Å². The summed E-state index contributed by atoms with van der Waals surface area (Å²) < 4.78 is 24.2. The lowest BCUT2D eigenvalue weighted by atomic mass is 9.83. The Balaban J connectivity index is 1.57. The number of benzene rings is 2. The number of nitrogens with zero attached hydrogens (tertiary/aromatic N) is 1. The summed E-state index contributed by atoms with van der Waals surface area (Å²) >= 11 is 5.96. The lowest BCUT2D eigenvalue weighted by molar-refractivity contribution is -0.142. The van der Waals surface area contributed by atoms with Crippen LogP contribution in [0.3, 0.4) is 0 Å². The van der Waals surface area contributed by atoms with Crippen LogP contribution in [0.15, 0.2) is 48.5 Å². The van der Waals surface area contributed by atoms with E-state index in [1.165, 1.54) is 29.2 Å². The average Bonchev–Trinajstić information content (AvgIpc) is 2.76. The van der Waals surface area contributed by atoms with E-state index in [1.54, 1.807) is 24.3 Å². The minimum absolute atomic E-state index is 0.236. The molecule has 1 amide bonds. The maximum absolute atomic E-state index is 13.4. The Bertz CT molecular complexity index is 821. The highest BCUT2D eigenvalue weighted by Crippen LogP contribution is 2.31. The van der Waals surface area contributed by atoms with Crippen molar-refractivity contribution >= 4 is 35.0 Å². The van der Waals surface area contributed by atoms with Gasteiger partial charge in [-0.2, -0.15) is 0 Å². The van der Waals surface area contributed by atoms with Crippen LogP contribution in [0.2, 0.25) is 5.02 Å². The first-order chi connectivity index (χ1) is 14.9. The zero-order chi connectivity index (χ0) is 22.2. The Hall–Kier alpha value is -2.64. The fourth-order valence-corrected chi connectivity index (χ4v) is 3.80. The summed E-state index contributed by atoms with van der Waals surface area (Å²) in [5.41, 5.74) is 1.06. The normalized spacial score (nSPS) is 18.4. The molecule has 1 fully saturated rings. The van der Waals surface area contributed by atoms with Crippen molar-refractivity contribution in [3.8, 4) is 0 Å². The number of ether oxygens (including phenoxy) is 2. The summed E-state index contributed by atoms with van der Waals surface area (Å²) in [7, 11) is 0. The zero-order valence-corrected chi connectivity index (χ0v) is 17.8. The number of halogens is 2. The topological polar surface area (TPSA) is 76.1 Å². The Morgan fingerprint density at radius 1 is 0.935 bits per heavy atom. The molecule has 3 rings (SSSR count). The number of carboxylic acids is 1. The maximum Gasteiger partial charge on any atom is 0.418 e. The zero-order valence-electron chi connectivity index (χ0n) is 17.0. The largest absolute Gasteiger partial charge is 0.480 e. The summed E-state index contributed by atoms with van der Waals surface area (Å²) in [5, 5.41) is 9.18. The highest BCUT2D eigenvalue weighted by Gasteiger charge is 2.25. The van der Waals surface area contributed by atoms with Gasteiger partial charge < -0.3 is 14.6 Å². The molecule has 0 spiro atoms. The van der Waals surface area contributed by atoms with E-state index in [0.29, 0.717) is 28.9 Å². The Kier molecular flexibility index (Phi) is 8.26. The average molecular weight is 450 g/mol. The van der Waals surface area contributed by atoms with Gasteiger partial charge in [-0.15, -0.1) is 0 Å². The monoisotopic (exact) mass is 449 g/mol. The molecule has 0 saturated heterocycles. The molecule has 0 heterocycles. The molecule has 1 aliphatic rings. The molecule has 6 nitrogen and oxygen atoms in total. The van der Waals surface area contributed by atoms with Gasteiger partial charge in [0.25, 0.3) is 0 Å². The van der Waals surface area contributed by atoms with Gasteiger partial charge in [0.2, 0.25) is 0 Å². The molecule has 0 atom stereocenters. The Labute approximate surface area is 185 Å². The number of carbonyl (C=O) groups is 2. The van der Waals surface area contributed by atoms with Crippen LogP contribution in [0.4, 0.5) is 20.6 Å². The van der Waals surface area contributed by atoms with Crippen molar-refractivity contribution in [2.75, 3.05) is 24.7 Å². The molecule has 1 N–H and O–H groups in total. The molecule has 1 saturated carbocycles. The first-order valence-electron chi connectivity index (χ1n) is 10.2. The van der Waals surface area contributed by atoms with Crippen molar-refractivity contribution in [2.45, 2.75) is 25.7 Å². The van der Waals surface area contributed by atoms with Crippen molar-refractivity contribution in [2.24, 2.45) is 11.8 Å². The van der Waals surface area contributed by atoms with Gasteiger partial charge in [0, 0.05) is 5.02 Å². The number of amides is 1. The van der Waals surface area contributed by atoms with Crippen molar-refractivity contribution in [1.29, 1.82) is 0 Å². The van der Waals surface area contributed by atoms with E-state index in [1.807, 2.05) is 0 Å². The molecule has 1 aliphatic carbocycles. The second-order valence-corrected chi connectivity index (χ2v) is 8.10. The predicted molar refractivity (Wildman–Crippen MR) is 115 cm³/mol. The molecular formula is C23H25ClFNO5. The second kappa shape index (κ2) is 11.1. The molecule has 166 valence electrons. The number of aliphatic carboxylic acids is 1. The van der Waals surface area contributed by atoms with Crippen LogP contribution in [0.25, 0.3) is 0 Å². The van der Waals surface area contributed by atoms with Crippen LogP contribution in [-0.2, 0) is 14.3 Å². The van der Waals surface area contributed by atoms with Crippen molar-refractivity contribution in [1.82, 2.24) is 0 Å². The van der Waals surface area contributed by atoms with Gasteiger partial charge in [-0.05, 0) is 86.1 Å². The maximum atomic E-state index is 13.4. The van der Waals surface area contributed by atoms with E-state index >= 15 is 0 Å². The highest BCUT2D eigenvalue weighted by atomic mass is 35.5. The van der Waals surface area contributed by atoms with Crippen molar-refractivity contribution in [3.05, 3.63) is 59.4 Å². The van der Waals surface area contributed by atoms with E-state index in [2.05, 4.69) is 0 Å². The first kappa shape index (κ1) is 23.0. The van der Waals surface area contributed by atoms with E-state index in [0.717, 1.165) is 25.7 Å². The van der Waals surface area contributed by atoms with Crippen molar-refractivity contribution < 1.29 is 28.6 Å². The third-order valence-electron chi connectivity index (χ3n) is 5.34. The van der Waals surface area contributed by atoms with Crippen LogP contribution in [0.5, 0.6) is 0 Å². The minimum atomic E-state index is -0.966. The molecular weight excluding hydrogens is 425 g/mol. The Morgan fingerprint density at radius 2 is 1.45 bits per heavy atom. The summed E-state index contributed by atoms with van der Waals surface area (Å²) in [4.78, 5) is 24.9. The molecule has 0 aromatic heterocycles. The van der Waals surface area contributed by atoms with Gasteiger partial charge in [-0.25, -0.2) is 18.9 Å². The van der Waals surface area contributed by atoms with Gasteiger partial charge >= 0.3 is 12.1 Å². The number of rotatable bonds is 8. The highest BCUT2D eigenvalue weighted by molar-refractivity contribution is 6.30. The minimum Gasteiger partial charge on any atom is -0.480 e. The summed E-state index contributed by atoms with van der Waals surface area (Å²) in [6.45, 7) is 0.446. The van der Waals surface area contributed by atoms with Crippen molar-refractivity contribution in [3.63, 3.8) is 0 Å². The third kappa shape index (κ3) is 6.94. The van der Waals surface area contributed by atoms with E-state index < -0.39 is 17.9 Å². The van der Waals surface area contributed by atoms with Crippen LogP contribution in [0, 0.1) is 17.7 Å². The second-order valence-electron chi connectivity index (χ2n) is 7.66. The van der Waals surface area contributed by atoms with Crippen LogP contribution in [0.1, 0.15) is 25.7 Å². The summed E-state index contributed by atoms with van der Waals surface area (Å²) in [5.74, 6) is -0.791. The molecule has 0 aliphatic heterocycles. The van der Waals surface area contributed by atoms with E-state index in [-0.39, 0.29) is 19.1 Å². The van der Waals surface area contributed by atoms with E-state index in [4.69, 9.17) is 26.2 Å². The Morgan fingerprint density at radius 3 is 2.00 bits per heavy atom. The third-order valence-corrected chi connectivity index (χ3v) is 5.59. The SMILES string of the molecule is O=C(O)COC[C@H]1CC[C@H](COC(=O)N(c2ccc(F)cc2)c2ccc(Cl)cc2)CC1. The molecule has 0 radical (unpaired) electrons. The number of anilines is 2. The van der Waals surface area contributed by atoms with Gasteiger partial charge in [-0.3, -0.25) is 0 Å². The van der Waals surface area contributed by atoms with Gasteiger partial charge in [0.15, 0.2) is 0 Å². The first-order valence-corrected chi connectivity index (χ1v) is 10.6. The van der Waals surface area contributed by atoms with Gasteiger partial charge in [-0.1, -0.05) is 11.6 Å². The van der Waals surface area contributed by atoms with E-state index in [9.17, 15) is 14.0 Å². The summed E-state index contributed by atoms with van der Waals surface area (Å²) in [6, 6.07) is 12.4. The molecule has 0 bridgehead atoms. The van der Waals surface area contributed by atoms with Crippen LogP contribution >= 0.6 is 11.6 Å². The predicted octanol–water partition coefficient (Wildman–Crippen LogP) is 5.66. The molecule has 31 heavy (non-hydrogen) atoms. The fourth-order valence-electron chi connectivity index (χ4n) is 3.67. The molecule has 0 unspecified atom stereocenters. The number of hydrogen-bond acceptors (Lipinski definition) is 4. The lowest BCUT2D eigenvalue weighted by Crippen LogP contribution is -2.30. The molecule has 8 heteroatoms. The summed E-state index contributed by atoms with van der Waals surface area (Å²) in [6.07, 6.45) is 3.03. The number of hydrogen-bond donors (Lipinski definition) is 1. The van der Waals surface area contributed by atoms with Crippen LogP contribution in [-0.4, -0.2) is 37.0 Å². The van der Waals surface area contributed by atoms with Gasteiger partial charge in [0.1, 0.15) is 12.4 Å². The molecule has 2 aromatic rings. The smallest absolute Gasteiger partial charge is 0.418 e. The quantitative estimate of drug-likeness (QED) is 0.562. The standard InChI is InChI=1S/C23H25ClFNO5/c24-18-5-9-20(10-6-18)26(21-11-7-19(25)8-12-21)23(29)31-14-17-3-1-16(2-4-17)13-30-15-22(27)28/h5-12,16-17H,1-4,13-15H2,(H,27,28)/t16-,17-. The fraction of sp³-hybridized carbons (Fsp3) is 0.391.